The Balaban J connectivity index is 1.64. The Morgan fingerprint density at radius 3 is 2.29 bits per heavy atom. The minimum atomic E-state index is -0.479. The first kappa shape index (κ1) is 22.2. The molecule has 5 nitrogen and oxygen atoms in total. The van der Waals surface area contributed by atoms with Crippen molar-refractivity contribution in [2.45, 2.75) is 26.8 Å². The summed E-state index contributed by atoms with van der Waals surface area (Å²) >= 11 is 0. The van der Waals surface area contributed by atoms with Gasteiger partial charge >= 0.3 is 0 Å². The molecule has 0 aliphatic carbocycles. The molecular weight excluding hydrogens is 386 g/mol. The summed E-state index contributed by atoms with van der Waals surface area (Å²) < 4.78 is 0. The van der Waals surface area contributed by atoms with Gasteiger partial charge in [-0.15, -0.1) is 0 Å². The van der Waals surface area contributed by atoms with Crippen molar-refractivity contribution in [3.05, 3.63) is 83.9 Å². The number of carbonyl (C=O) groups excluding carboxylic acids is 2. The van der Waals surface area contributed by atoms with E-state index in [2.05, 4.69) is 10.6 Å². The van der Waals surface area contributed by atoms with E-state index in [9.17, 15) is 9.59 Å². The van der Waals surface area contributed by atoms with Crippen LogP contribution in [0.3, 0.4) is 0 Å². The zero-order valence-corrected chi connectivity index (χ0v) is 18.5. The van der Waals surface area contributed by atoms with Crippen LogP contribution >= 0.6 is 0 Å². The number of hydrogen-bond donors (Lipinski definition) is 2. The highest BCUT2D eigenvalue weighted by molar-refractivity contribution is 5.99. The lowest BCUT2D eigenvalue weighted by molar-refractivity contribution is -0.122. The van der Waals surface area contributed by atoms with Crippen molar-refractivity contribution in [2.24, 2.45) is 0 Å². The van der Waals surface area contributed by atoms with Crippen molar-refractivity contribution in [2.75, 3.05) is 24.2 Å². The minimum Gasteiger partial charge on any atom is -0.325 e. The number of amides is 2. The van der Waals surface area contributed by atoms with Gasteiger partial charge in [-0.05, 0) is 56.6 Å². The average Bonchev–Trinajstić information content (AvgIpc) is 2.76. The third kappa shape index (κ3) is 5.80. The molecule has 0 saturated carbocycles. The van der Waals surface area contributed by atoms with Crippen LogP contribution in [0.4, 0.5) is 11.4 Å². The highest BCUT2D eigenvalue weighted by Gasteiger charge is 2.21. The summed E-state index contributed by atoms with van der Waals surface area (Å²) in [6, 6.07) is 23.1. The third-order valence-corrected chi connectivity index (χ3v) is 5.37. The maximum Gasteiger partial charge on any atom is 0.241 e. The topological polar surface area (TPSA) is 61.4 Å². The van der Waals surface area contributed by atoms with Crippen molar-refractivity contribution in [1.82, 2.24) is 4.90 Å². The van der Waals surface area contributed by atoms with Crippen LogP contribution in [0.15, 0.2) is 72.8 Å². The summed E-state index contributed by atoms with van der Waals surface area (Å²) in [6.07, 6.45) is 0. The van der Waals surface area contributed by atoms with Crippen LogP contribution in [-0.2, 0) is 9.59 Å². The second kappa shape index (κ2) is 10.0. The Labute approximate surface area is 184 Å². The molecule has 1 atom stereocenters. The molecule has 0 spiro atoms. The van der Waals surface area contributed by atoms with Gasteiger partial charge in [0.15, 0.2) is 0 Å². The fourth-order valence-electron chi connectivity index (χ4n) is 3.32. The number of carbonyl (C=O) groups is 2. The maximum absolute atomic E-state index is 12.9. The molecule has 0 bridgehead atoms. The summed E-state index contributed by atoms with van der Waals surface area (Å²) in [6.45, 7) is 5.86. The van der Waals surface area contributed by atoms with Crippen LogP contribution in [0.25, 0.3) is 11.1 Å². The van der Waals surface area contributed by atoms with Gasteiger partial charge in [-0.3, -0.25) is 14.5 Å². The Kier molecular flexibility index (Phi) is 7.21. The van der Waals surface area contributed by atoms with Crippen LogP contribution in [0.2, 0.25) is 0 Å². The minimum absolute atomic E-state index is 0.113. The van der Waals surface area contributed by atoms with Crippen LogP contribution in [-0.4, -0.2) is 36.3 Å². The highest BCUT2D eigenvalue weighted by atomic mass is 16.2. The standard InChI is InChI=1S/C26H29N3O2/c1-18-14-15-19(2)24(16-18)27-25(30)17-29(4)20(3)26(31)28-23-13-9-8-12-22(23)21-10-6-5-7-11-21/h5-16,20H,17H2,1-4H3,(H,27,30)(H,28,31)/t20-/m0/s1. The van der Waals surface area contributed by atoms with Crippen LogP contribution in [0.5, 0.6) is 0 Å². The monoisotopic (exact) mass is 415 g/mol. The van der Waals surface area contributed by atoms with Crippen molar-refractivity contribution in [1.29, 1.82) is 0 Å². The lowest BCUT2D eigenvalue weighted by Crippen LogP contribution is -2.43. The van der Waals surface area contributed by atoms with E-state index in [1.807, 2.05) is 86.6 Å². The van der Waals surface area contributed by atoms with E-state index in [1.54, 1.807) is 18.9 Å². The molecule has 0 aliphatic heterocycles. The van der Waals surface area contributed by atoms with Crippen LogP contribution in [0.1, 0.15) is 18.1 Å². The molecule has 160 valence electrons. The molecule has 0 fully saturated rings. The molecular formula is C26H29N3O2. The van der Waals surface area contributed by atoms with Crippen LogP contribution < -0.4 is 10.6 Å². The molecule has 31 heavy (non-hydrogen) atoms. The summed E-state index contributed by atoms with van der Waals surface area (Å²) in [5, 5.41) is 5.96. The van der Waals surface area contributed by atoms with Gasteiger partial charge in [0.2, 0.25) is 11.8 Å². The predicted octanol–water partition coefficient (Wildman–Crippen LogP) is 4.87. The van der Waals surface area contributed by atoms with Gasteiger partial charge in [0.25, 0.3) is 0 Å². The number of hydrogen-bond acceptors (Lipinski definition) is 3. The van der Waals surface area contributed by atoms with Crippen molar-refractivity contribution in [3.63, 3.8) is 0 Å². The molecule has 3 rings (SSSR count). The first-order valence-electron chi connectivity index (χ1n) is 10.4. The molecule has 2 N–H and O–H groups in total. The lowest BCUT2D eigenvalue weighted by atomic mass is 10.0. The predicted molar refractivity (Wildman–Crippen MR) is 127 cm³/mol. The average molecular weight is 416 g/mol. The van der Waals surface area contributed by atoms with E-state index < -0.39 is 6.04 Å². The number of rotatable bonds is 7. The lowest BCUT2D eigenvalue weighted by Gasteiger charge is -2.24. The van der Waals surface area contributed by atoms with Gasteiger partial charge in [0.1, 0.15) is 0 Å². The Bertz CT molecular complexity index is 1060. The Morgan fingerprint density at radius 2 is 1.55 bits per heavy atom. The van der Waals surface area contributed by atoms with Crippen molar-refractivity contribution >= 4 is 23.2 Å². The molecule has 0 heterocycles. The second-order valence-corrected chi connectivity index (χ2v) is 7.86. The largest absolute Gasteiger partial charge is 0.325 e. The number of benzene rings is 3. The number of anilines is 2. The zero-order valence-electron chi connectivity index (χ0n) is 18.5. The van der Waals surface area contributed by atoms with Gasteiger partial charge < -0.3 is 10.6 Å². The van der Waals surface area contributed by atoms with Gasteiger partial charge in [0.05, 0.1) is 12.6 Å². The Morgan fingerprint density at radius 1 is 0.871 bits per heavy atom. The number of nitrogens with one attached hydrogen (secondary N) is 2. The molecule has 0 saturated heterocycles. The maximum atomic E-state index is 12.9. The molecule has 2 amide bonds. The SMILES string of the molecule is Cc1ccc(C)c(NC(=O)CN(C)[C@@H](C)C(=O)Nc2ccccc2-c2ccccc2)c1. The zero-order chi connectivity index (χ0) is 22.4. The number of nitrogens with zero attached hydrogens (tertiary/aromatic N) is 1. The first-order chi connectivity index (χ1) is 14.8. The van der Waals surface area contributed by atoms with Crippen molar-refractivity contribution in [3.8, 4) is 11.1 Å². The number of aryl methyl sites for hydroxylation is 2. The van der Waals surface area contributed by atoms with Gasteiger partial charge in [-0.25, -0.2) is 0 Å². The molecule has 0 aliphatic rings. The second-order valence-electron chi connectivity index (χ2n) is 7.86. The van der Waals surface area contributed by atoms with E-state index in [1.165, 1.54) is 0 Å². The normalized spacial score (nSPS) is 11.8. The summed E-state index contributed by atoms with van der Waals surface area (Å²) in [5.74, 6) is -0.314. The first-order valence-corrected chi connectivity index (χ1v) is 10.4. The van der Waals surface area contributed by atoms with E-state index in [0.29, 0.717) is 0 Å². The molecule has 3 aromatic carbocycles. The fourth-order valence-corrected chi connectivity index (χ4v) is 3.32. The highest BCUT2D eigenvalue weighted by Crippen LogP contribution is 2.27. The van der Waals surface area contributed by atoms with Crippen LogP contribution in [0, 0.1) is 13.8 Å². The molecule has 3 aromatic rings. The smallest absolute Gasteiger partial charge is 0.241 e. The summed E-state index contributed by atoms with van der Waals surface area (Å²) in [5.41, 5.74) is 5.63. The van der Waals surface area contributed by atoms with Gasteiger partial charge in [-0.2, -0.15) is 0 Å². The number of likely N-dealkylation sites (N-methyl/N-ethyl adjacent to an activating group) is 1. The molecule has 0 radical (unpaired) electrons. The fraction of sp³-hybridized carbons (Fsp3) is 0.231. The molecule has 0 aromatic heterocycles. The van der Waals surface area contributed by atoms with E-state index >= 15 is 0 Å². The van der Waals surface area contributed by atoms with E-state index in [-0.39, 0.29) is 18.4 Å². The van der Waals surface area contributed by atoms with Gasteiger partial charge in [0, 0.05) is 16.9 Å². The number of para-hydroxylation sites is 1. The van der Waals surface area contributed by atoms with E-state index in [0.717, 1.165) is 33.6 Å². The molecule has 5 heteroatoms. The van der Waals surface area contributed by atoms with E-state index in [4.69, 9.17) is 0 Å². The summed E-state index contributed by atoms with van der Waals surface area (Å²) in [7, 11) is 1.77. The third-order valence-electron chi connectivity index (χ3n) is 5.37. The van der Waals surface area contributed by atoms with Crippen molar-refractivity contribution < 1.29 is 9.59 Å². The molecule has 0 unspecified atom stereocenters. The Hall–Kier alpha value is -3.44. The summed E-state index contributed by atoms with van der Waals surface area (Å²) in [4.78, 5) is 27.2. The van der Waals surface area contributed by atoms with Gasteiger partial charge in [-0.1, -0.05) is 60.7 Å². The quantitative estimate of drug-likeness (QED) is 0.579.